The number of halogens is 2. The third-order valence-corrected chi connectivity index (χ3v) is 15.5. The van der Waals surface area contributed by atoms with E-state index in [1.54, 1.807) is 55.9 Å². The lowest BCUT2D eigenvalue weighted by atomic mass is 9.98. The lowest BCUT2D eigenvalue weighted by Gasteiger charge is -2.30. The van der Waals surface area contributed by atoms with Crippen LogP contribution in [0.15, 0.2) is 146 Å². The third kappa shape index (κ3) is 18.7. The quantitative estimate of drug-likeness (QED) is 0.0260. The molecule has 6 atom stereocenters. The van der Waals surface area contributed by atoms with Crippen LogP contribution in [0.1, 0.15) is 133 Å². The summed E-state index contributed by atoms with van der Waals surface area (Å²) in [5, 5.41) is 23.9. The van der Waals surface area contributed by atoms with Gasteiger partial charge in [-0.25, -0.2) is 0 Å². The van der Waals surface area contributed by atoms with Crippen LogP contribution in [0.5, 0.6) is 0 Å². The lowest BCUT2D eigenvalue weighted by molar-refractivity contribution is -0.142. The summed E-state index contributed by atoms with van der Waals surface area (Å²) >= 11 is 0. The number of hydrogen-bond donors (Lipinski definition) is 8. The second-order valence-electron chi connectivity index (χ2n) is 21.1. The molecule has 18 nitrogen and oxygen atoms in total. The number of carbonyl (C=O) groups excluding carboxylic acids is 8. The van der Waals surface area contributed by atoms with Gasteiger partial charge in [0.25, 0.3) is 11.8 Å². The molecule has 2 fully saturated rings. The summed E-state index contributed by atoms with van der Waals surface area (Å²) in [5.74, 6) is -2.68. The topological polar surface area (TPSA) is 239 Å². The molecule has 5 aromatic carbocycles. The molecular formula is C64H82Cl2N10O8. The predicted molar refractivity (Wildman–Crippen MR) is 329 cm³/mol. The highest BCUT2D eigenvalue weighted by atomic mass is 35.5. The zero-order valence-corrected chi connectivity index (χ0v) is 50.0. The fraction of sp³-hybridized carbons (Fsp3) is 0.406. The average molecular weight is 1190 g/mol. The second kappa shape index (κ2) is 34.2. The molecule has 7 rings (SSSR count). The highest BCUT2D eigenvalue weighted by Gasteiger charge is 2.40. The monoisotopic (exact) mass is 1190 g/mol. The Hall–Kier alpha value is -7.64. The Morgan fingerprint density at radius 1 is 0.452 bits per heavy atom. The van der Waals surface area contributed by atoms with Crippen molar-refractivity contribution in [2.75, 3.05) is 40.3 Å². The van der Waals surface area contributed by atoms with Crippen LogP contribution in [-0.2, 0) is 28.8 Å². The van der Waals surface area contributed by atoms with E-state index in [-0.39, 0.29) is 109 Å². The summed E-state index contributed by atoms with van der Waals surface area (Å²) in [6.07, 6.45) is 4.69. The van der Waals surface area contributed by atoms with Gasteiger partial charge in [-0.15, -0.1) is 24.8 Å². The molecule has 0 saturated carbocycles. The van der Waals surface area contributed by atoms with Gasteiger partial charge in [-0.2, -0.15) is 0 Å². The van der Waals surface area contributed by atoms with Crippen molar-refractivity contribution in [3.05, 3.63) is 179 Å². The Morgan fingerprint density at radius 2 is 0.786 bits per heavy atom. The Kier molecular flexibility index (Phi) is 27.4. The minimum Gasteiger partial charge on any atom is -0.352 e. The standard InChI is InChI=1S/C64H80N10O8.2ClH/c1-43(65-3)57(75)69-51(63(81)73-40-22-36-53(73)61(79)71-55(45-24-9-5-10-25-45)46-26-11-6-12-27-46)34-17-19-38-67-59(77)49-32-21-33-50(42-49)60(78)68-39-20-18-35-52(70-58(76)44(2)66-4)64(82)74-41-23-37-54(74)62(80)72-56(47-28-13-7-14-29-47)48-30-15-8-16-31-48;;/h5-16,21,24-33,42-44,51-56,65-66H,17-20,22-23,34-41H2,1-4H3,(H,67,77)(H,68,78)(H,69,75)(H,70,76)(H,71,79)(H,72,80);2*1H/t43-,44-,51-,52-,53-,54-;;/m0../s1. The first-order valence-corrected chi connectivity index (χ1v) is 28.8. The molecule has 0 unspecified atom stereocenters. The maximum Gasteiger partial charge on any atom is 0.251 e. The average Bonchev–Trinajstić information content (AvgIpc) is 4.28. The zero-order valence-electron chi connectivity index (χ0n) is 48.4. The number of benzene rings is 5. The SMILES string of the molecule is CN[C@@H](C)C(=O)N[C@@H](CCCCNC(=O)c1cccc(C(=O)NCCCC[C@H](NC(=O)[C@H](C)NC)C(=O)N2CCC[C@H]2C(=O)NC(c2ccccc2)c2ccccc2)c1)C(=O)N1CCC[C@H]1C(=O)NC(c1ccccc1)c1ccccc1.Cl.Cl. The number of nitrogens with one attached hydrogen (secondary N) is 8. The van der Waals surface area contributed by atoms with Crippen molar-refractivity contribution >= 4 is 72.1 Å². The van der Waals surface area contributed by atoms with Gasteiger partial charge in [-0.3, -0.25) is 38.4 Å². The zero-order chi connectivity index (χ0) is 58.4. The van der Waals surface area contributed by atoms with Crippen LogP contribution < -0.4 is 42.5 Å². The number of hydrogen-bond acceptors (Lipinski definition) is 10. The summed E-state index contributed by atoms with van der Waals surface area (Å²) in [6.45, 7) is 4.67. The molecule has 5 aromatic rings. The lowest BCUT2D eigenvalue weighted by Crippen LogP contribution is -2.55. The minimum atomic E-state index is -0.902. The largest absolute Gasteiger partial charge is 0.352 e. The molecule has 8 amide bonds. The number of rotatable bonds is 28. The summed E-state index contributed by atoms with van der Waals surface area (Å²) in [5.41, 5.74) is 4.21. The summed E-state index contributed by atoms with van der Waals surface area (Å²) in [4.78, 5) is 113. The van der Waals surface area contributed by atoms with Crippen LogP contribution in [0.2, 0.25) is 0 Å². The first-order valence-electron chi connectivity index (χ1n) is 28.8. The Bertz CT molecular complexity index is 2660. The summed E-state index contributed by atoms with van der Waals surface area (Å²) in [7, 11) is 3.32. The fourth-order valence-electron chi connectivity index (χ4n) is 10.5. The highest BCUT2D eigenvalue weighted by Crippen LogP contribution is 2.28. The van der Waals surface area contributed by atoms with E-state index in [0.29, 0.717) is 64.5 Å². The van der Waals surface area contributed by atoms with E-state index in [4.69, 9.17) is 0 Å². The molecule has 450 valence electrons. The molecule has 0 radical (unpaired) electrons. The van der Waals surface area contributed by atoms with Gasteiger partial charge in [0.1, 0.15) is 24.2 Å². The maximum absolute atomic E-state index is 14.3. The van der Waals surface area contributed by atoms with Gasteiger partial charge in [-0.05, 0) is 133 Å². The van der Waals surface area contributed by atoms with E-state index in [2.05, 4.69) is 42.5 Å². The molecule has 84 heavy (non-hydrogen) atoms. The van der Waals surface area contributed by atoms with Crippen LogP contribution in [-0.4, -0.2) is 134 Å². The van der Waals surface area contributed by atoms with Crippen molar-refractivity contribution in [3.63, 3.8) is 0 Å². The van der Waals surface area contributed by atoms with Crippen LogP contribution in [0, 0.1) is 0 Å². The molecule has 20 heteroatoms. The van der Waals surface area contributed by atoms with Crippen molar-refractivity contribution in [2.24, 2.45) is 0 Å². The predicted octanol–water partition coefficient (Wildman–Crippen LogP) is 6.31. The summed E-state index contributed by atoms with van der Waals surface area (Å²) in [6, 6.07) is 39.8. The molecule has 0 aliphatic carbocycles. The first-order chi connectivity index (χ1) is 39.8. The van der Waals surface area contributed by atoms with Crippen LogP contribution in [0.3, 0.4) is 0 Å². The first kappa shape index (κ1) is 67.2. The van der Waals surface area contributed by atoms with Crippen LogP contribution in [0.4, 0.5) is 0 Å². The molecule has 2 aliphatic heterocycles. The molecule has 2 aliphatic rings. The molecule has 2 saturated heterocycles. The Labute approximate surface area is 506 Å². The molecule has 0 aromatic heterocycles. The van der Waals surface area contributed by atoms with Crippen molar-refractivity contribution in [3.8, 4) is 0 Å². The van der Waals surface area contributed by atoms with E-state index in [0.717, 1.165) is 22.3 Å². The smallest absolute Gasteiger partial charge is 0.251 e. The molecule has 0 spiro atoms. The Morgan fingerprint density at radius 3 is 1.11 bits per heavy atom. The van der Waals surface area contributed by atoms with Crippen LogP contribution >= 0.6 is 24.8 Å². The molecule has 2 heterocycles. The van der Waals surface area contributed by atoms with Gasteiger partial charge in [0.2, 0.25) is 35.4 Å². The number of nitrogens with zero attached hydrogens (tertiary/aromatic N) is 2. The van der Waals surface area contributed by atoms with E-state index >= 15 is 0 Å². The summed E-state index contributed by atoms with van der Waals surface area (Å²) < 4.78 is 0. The Balaban J connectivity index is 0.00000645. The number of amides is 8. The van der Waals surface area contributed by atoms with Gasteiger partial charge < -0.3 is 52.3 Å². The number of likely N-dealkylation sites (N-methyl/N-ethyl adjacent to an activating group) is 2. The van der Waals surface area contributed by atoms with Gasteiger partial charge in [0.15, 0.2) is 0 Å². The van der Waals surface area contributed by atoms with Crippen molar-refractivity contribution in [1.82, 2.24) is 52.3 Å². The van der Waals surface area contributed by atoms with Crippen molar-refractivity contribution in [2.45, 2.75) is 126 Å². The number of likely N-dealkylation sites (tertiary alicyclic amines) is 2. The number of unbranched alkanes of at least 4 members (excludes halogenated alkanes) is 2. The van der Waals surface area contributed by atoms with Gasteiger partial charge in [-0.1, -0.05) is 127 Å². The van der Waals surface area contributed by atoms with Gasteiger partial charge in [0, 0.05) is 37.3 Å². The van der Waals surface area contributed by atoms with E-state index in [1.165, 1.54) is 6.07 Å². The minimum absolute atomic E-state index is 0. The van der Waals surface area contributed by atoms with Crippen molar-refractivity contribution < 1.29 is 38.4 Å². The van der Waals surface area contributed by atoms with E-state index in [9.17, 15) is 38.4 Å². The molecule has 8 N–H and O–H groups in total. The third-order valence-electron chi connectivity index (χ3n) is 15.5. The molecular weight excluding hydrogens is 1110 g/mol. The second-order valence-corrected chi connectivity index (χ2v) is 21.1. The van der Waals surface area contributed by atoms with Crippen LogP contribution in [0.25, 0.3) is 0 Å². The highest BCUT2D eigenvalue weighted by molar-refractivity contribution is 6.00. The molecule has 0 bridgehead atoms. The number of carbonyl (C=O) groups is 8. The van der Waals surface area contributed by atoms with E-state index < -0.39 is 48.3 Å². The van der Waals surface area contributed by atoms with E-state index in [1.807, 2.05) is 121 Å². The van der Waals surface area contributed by atoms with Gasteiger partial charge in [0.05, 0.1) is 24.2 Å². The normalized spacial score (nSPS) is 16.0. The fourth-order valence-corrected chi connectivity index (χ4v) is 10.5. The van der Waals surface area contributed by atoms with Crippen molar-refractivity contribution in [1.29, 1.82) is 0 Å². The maximum atomic E-state index is 14.3. The van der Waals surface area contributed by atoms with Gasteiger partial charge >= 0.3 is 0 Å².